The molecule has 8 heteroatoms. The van der Waals surface area contributed by atoms with E-state index >= 15 is 0 Å². The Labute approximate surface area is 173 Å². The first-order valence-corrected chi connectivity index (χ1v) is 9.62. The molecule has 0 unspecified atom stereocenters. The summed E-state index contributed by atoms with van der Waals surface area (Å²) in [6.45, 7) is 0.628. The van der Waals surface area contributed by atoms with Crippen molar-refractivity contribution in [3.8, 4) is 11.3 Å². The van der Waals surface area contributed by atoms with Crippen LogP contribution in [0.3, 0.4) is 0 Å². The summed E-state index contributed by atoms with van der Waals surface area (Å²) in [7, 11) is 1.72. The fourth-order valence-electron chi connectivity index (χ4n) is 3.80. The van der Waals surface area contributed by atoms with Gasteiger partial charge in [0.2, 0.25) is 5.91 Å². The number of benzene rings is 1. The van der Waals surface area contributed by atoms with Gasteiger partial charge in [-0.3, -0.25) is 9.78 Å². The maximum absolute atomic E-state index is 14.2. The number of aromatic nitrogens is 3. The SMILES string of the molecule is COC1CC(CNc2ccc(-c3cc(C(N)=O)ccc3F)nn2)(c2ccccn2)C1. The smallest absolute Gasteiger partial charge is 0.248 e. The largest absolute Gasteiger partial charge is 0.381 e. The van der Waals surface area contributed by atoms with Gasteiger partial charge in [-0.1, -0.05) is 6.07 Å². The topological polar surface area (TPSA) is 103 Å². The van der Waals surface area contributed by atoms with Crippen LogP contribution in [0.5, 0.6) is 0 Å². The van der Waals surface area contributed by atoms with Gasteiger partial charge in [0.05, 0.1) is 11.8 Å². The molecule has 1 saturated carbocycles. The molecule has 1 amide bonds. The molecule has 2 aromatic heterocycles. The van der Waals surface area contributed by atoms with Crippen molar-refractivity contribution >= 4 is 11.7 Å². The number of anilines is 1. The van der Waals surface area contributed by atoms with Crippen LogP contribution in [0, 0.1) is 5.82 Å². The van der Waals surface area contributed by atoms with E-state index in [1.807, 2.05) is 18.2 Å². The fraction of sp³-hybridized carbons (Fsp3) is 0.273. The molecule has 3 N–H and O–H groups in total. The number of pyridine rings is 1. The average Bonchev–Trinajstić information content (AvgIpc) is 2.74. The van der Waals surface area contributed by atoms with E-state index in [1.54, 1.807) is 25.4 Å². The van der Waals surface area contributed by atoms with E-state index in [-0.39, 0.29) is 22.6 Å². The Bertz CT molecular complexity index is 1040. The van der Waals surface area contributed by atoms with Crippen molar-refractivity contribution in [2.75, 3.05) is 19.0 Å². The van der Waals surface area contributed by atoms with Crippen molar-refractivity contribution in [2.45, 2.75) is 24.4 Å². The molecule has 3 aromatic rings. The number of rotatable bonds is 7. The molecule has 0 bridgehead atoms. The van der Waals surface area contributed by atoms with E-state index in [0.29, 0.717) is 18.1 Å². The predicted molar refractivity (Wildman–Crippen MR) is 110 cm³/mol. The van der Waals surface area contributed by atoms with Gasteiger partial charge in [0.25, 0.3) is 0 Å². The van der Waals surface area contributed by atoms with Crippen LogP contribution in [0.4, 0.5) is 10.2 Å². The van der Waals surface area contributed by atoms with Crippen LogP contribution in [0.15, 0.2) is 54.7 Å². The first-order chi connectivity index (χ1) is 14.5. The minimum atomic E-state index is -0.628. The van der Waals surface area contributed by atoms with E-state index in [1.165, 1.54) is 18.2 Å². The maximum atomic E-state index is 14.2. The second kappa shape index (κ2) is 8.16. The van der Waals surface area contributed by atoms with Gasteiger partial charge in [-0.25, -0.2) is 4.39 Å². The summed E-state index contributed by atoms with van der Waals surface area (Å²) < 4.78 is 19.6. The second-order valence-electron chi connectivity index (χ2n) is 7.48. The van der Waals surface area contributed by atoms with Gasteiger partial charge in [0.1, 0.15) is 11.6 Å². The Balaban J connectivity index is 1.50. The van der Waals surface area contributed by atoms with Crippen molar-refractivity contribution in [1.82, 2.24) is 15.2 Å². The Hall–Kier alpha value is -3.39. The molecule has 2 heterocycles. The van der Waals surface area contributed by atoms with Crippen LogP contribution < -0.4 is 11.1 Å². The molecule has 0 radical (unpaired) electrons. The van der Waals surface area contributed by atoms with E-state index in [4.69, 9.17) is 10.5 Å². The van der Waals surface area contributed by atoms with Crippen molar-refractivity contribution in [2.24, 2.45) is 5.73 Å². The highest BCUT2D eigenvalue weighted by atomic mass is 19.1. The van der Waals surface area contributed by atoms with Gasteiger partial charge >= 0.3 is 0 Å². The number of nitrogens with two attached hydrogens (primary N) is 1. The highest BCUT2D eigenvalue weighted by molar-refractivity contribution is 5.94. The first kappa shape index (κ1) is 19.9. The molecule has 154 valence electrons. The number of halogens is 1. The molecular formula is C22H22FN5O2. The van der Waals surface area contributed by atoms with Crippen LogP contribution in [0.25, 0.3) is 11.3 Å². The van der Waals surface area contributed by atoms with Crippen LogP contribution >= 0.6 is 0 Å². The molecule has 0 saturated heterocycles. The van der Waals surface area contributed by atoms with Crippen molar-refractivity contribution in [1.29, 1.82) is 0 Å². The van der Waals surface area contributed by atoms with Crippen molar-refractivity contribution in [3.05, 3.63) is 71.8 Å². The zero-order valence-electron chi connectivity index (χ0n) is 16.5. The van der Waals surface area contributed by atoms with Gasteiger partial charge < -0.3 is 15.8 Å². The zero-order chi connectivity index (χ0) is 21.1. The van der Waals surface area contributed by atoms with Crippen LogP contribution in [-0.2, 0) is 10.2 Å². The maximum Gasteiger partial charge on any atom is 0.248 e. The van der Waals surface area contributed by atoms with E-state index in [2.05, 4.69) is 20.5 Å². The third kappa shape index (κ3) is 3.86. The molecule has 4 rings (SSSR count). The number of methoxy groups -OCH3 is 1. The lowest BCUT2D eigenvalue weighted by Gasteiger charge is -2.46. The molecule has 0 atom stereocenters. The van der Waals surface area contributed by atoms with Crippen LogP contribution in [-0.4, -0.2) is 40.8 Å². The first-order valence-electron chi connectivity index (χ1n) is 9.62. The van der Waals surface area contributed by atoms with E-state index in [0.717, 1.165) is 18.5 Å². The number of primary amides is 1. The Kier molecular flexibility index (Phi) is 5.41. The fourth-order valence-corrected chi connectivity index (χ4v) is 3.80. The average molecular weight is 407 g/mol. The summed E-state index contributed by atoms with van der Waals surface area (Å²) in [4.78, 5) is 15.9. The monoisotopic (exact) mass is 407 g/mol. The number of amides is 1. The highest BCUT2D eigenvalue weighted by Gasteiger charge is 2.46. The molecule has 7 nitrogen and oxygen atoms in total. The second-order valence-corrected chi connectivity index (χ2v) is 7.48. The van der Waals surface area contributed by atoms with Crippen LogP contribution in [0.2, 0.25) is 0 Å². The summed E-state index contributed by atoms with van der Waals surface area (Å²) in [5.74, 6) is -0.553. The lowest BCUT2D eigenvalue weighted by molar-refractivity contribution is -0.0150. The Morgan fingerprint density at radius 1 is 1.23 bits per heavy atom. The lowest BCUT2D eigenvalue weighted by atomic mass is 9.64. The Morgan fingerprint density at radius 2 is 2.07 bits per heavy atom. The molecule has 30 heavy (non-hydrogen) atoms. The van der Waals surface area contributed by atoms with Gasteiger partial charge in [0, 0.05) is 42.1 Å². The summed E-state index contributed by atoms with van der Waals surface area (Å²) in [6, 6.07) is 13.2. The summed E-state index contributed by atoms with van der Waals surface area (Å²) in [5, 5.41) is 11.6. The molecule has 1 fully saturated rings. The standard InChI is InChI=1S/C22H22FN5O2/c1-30-15-11-22(12-15,19-4-2-3-9-25-19)13-26-20-8-7-18(27-28-20)16-10-14(21(24)29)5-6-17(16)23/h2-10,15H,11-13H2,1H3,(H2,24,29)(H,26,28). The number of nitrogens with one attached hydrogen (secondary N) is 1. The molecule has 1 aromatic carbocycles. The van der Waals surface area contributed by atoms with Gasteiger partial charge in [0.15, 0.2) is 0 Å². The minimum Gasteiger partial charge on any atom is -0.381 e. The number of carbonyl (C=O) groups excluding carboxylic acids is 1. The predicted octanol–water partition coefficient (Wildman–Crippen LogP) is 2.94. The third-order valence-electron chi connectivity index (χ3n) is 5.58. The van der Waals surface area contributed by atoms with E-state index < -0.39 is 11.7 Å². The van der Waals surface area contributed by atoms with E-state index in [9.17, 15) is 9.18 Å². The molecule has 0 spiro atoms. The number of ether oxygens (including phenoxy) is 1. The van der Waals surface area contributed by atoms with Gasteiger partial charge in [-0.05, 0) is 55.3 Å². The Morgan fingerprint density at radius 3 is 2.70 bits per heavy atom. The number of carbonyl (C=O) groups is 1. The third-order valence-corrected chi connectivity index (χ3v) is 5.58. The lowest BCUT2D eigenvalue weighted by Crippen LogP contribution is -2.50. The summed E-state index contributed by atoms with van der Waals surface area (Å²) in [6.07, 6.45) is 3.73. The van der Waals surface area contributed by atoms with Gasteiger partial charge in [-0.15, -0.1) is 10.2 Å². The number of nitrogens with zero attached hydrogens (tertiary/aromatic N) is 3. The van der Waals surface area contributed by atoms with Crippen molar-refractivity contribution in [3.63, 3.8) is 0 Å². The van der Waals surface area contributed by atoms with Crippen molar-refractivity contribution < 1.29 is 13.9 Å². The quantitative estimate of drug-likeness (QED) is 0.624. The number of hydrogen-bond donors (Lipinski definition) is 2. The molecule has 1 aliphatic carbocycles. The zero-order valence-corrected chi connectivity index (χ0v) is 16.5. The van der Waals surface area contributed by atoms with Gasteiger partial charge in [-0.2, -0.15) is 0 Å². The summed E-state index contributed by atoms with van der Waals surface area (Å²) in [5.41, 5.74) is 6.87. The molecule has 0 aliphatic heterocycles. The summed E-state index contributed by atoms with van der Waals surface area (Å²) >= 11 is 0. The van der Waals surface area contributed by atoms with Crippen LogP contribution in [0.1, 0.15) is 28.9 Å². The highest BCUT2D eigenvalue weighted by Crippen LogP contribution is 2.44. The number of hydrogen-bond acceptors (Lipinski definition) is 6. The molecule has 1 aliphatic rings. The normalized spacial score (nSPS) is 20.4. The minimum absolute atomic E-state index is 0.135. The molecular weight excluding hydrogens is 385 g/mol.